The van der Waals surface area contributed by atoms with Gasteiger partial charge < -0.3 is 0 Å². The van der Waals surface area contributed by atoms with Gasteiger partial charge in [0, 0.05) is 0 Å². The normalized spacial score (nSPS) is 17.8. The number of hydrogen-bond donors (Lipinski definition) is 0. The molecule has 0 heterocycles. The molecule has 0 bridgehead atoms. The third-order valence-electron chi connectivity index (χ3n) is 3.04. The first-order valence-corrected chi connectivity index (χ1v) is 6.64. The third-order valence-corrected chi connectivity index (χ3v) is 5.61. The van der Waals surface area contributed by atoms with Gasteiger partial charge in [0.05, 0.1) is 11.0 Å². The van der Waals surface area contributed by atoms with E-state index in [1.54, 1.807) is 19.1 Å². The fourth-order valence-corrected chi connectivity index (χ4v) is 3.78. The van der Waals surface area contributed by atoms with Gasteiger partial charge in [-0.3, -0.25) is 0 Å². The molecule has 1 aliphatic carbocycles. The zero-order valence-electron chi connectivity index (χ0n) is 9.32. The molecule has 0 saturated heterocycles. The summed E-state index contributed by atoms with van der Waals surface area (Å²) in [6.45, 7) is 3.69. The van der Waals surface area contributed by atoms with Crippen LogP contribution >= 0.6 is 0 Å². The van der Waals surface area contributed by atoms with Crippen LogP contribution in [0.1, 0.15) is 24.0 Å². The molecule has 0 aromatic heterocycles. The van der Waals surface area contributed by atoms with E-state index < -0.39 is 14.6 Å². The summed E-state index contributed by atoms with van der Waals surface area (Å²) >= 11 is 0. The molecule has 3 nitrogen and oxygen atoms in total. The summed E-state index contributed by atoms with van der Waals surface area (Å²) in [4.78, 5) is 0.303. The molecule has 0 radical (unpaired) electrons. The minimum atomic E-state index is -3.49. The SMILES string of the molecule is Cc1ccc(S(=O)(=O)C2(C#N)CC2)c(C)c1. The van der Waals surface area contributed by atoms with Crippen molar-refractivity contribution in [3.05, 3.63) is 29.3 Å². The van der Waals surface area contributed by atoms with Crippen LogP contribution in [0.3, 0.4) is 0 Å². The average molecular weight is 235 g/mol. The molecule has 4 heteroatoms. The average Bonchev–Trinajstić information content (AvgIpc) is 2.97. The summed E-state index contributed by atoms with van der Waals surface area (Å²) in [5.41, 5.74) is 1.75. The standard InChI is InChI=1S/C12H13NO2S/c1-9-3-4-11(10(2)7-9)16(14,15)12(8-13)5-6-12/h3-4,7H,5-6H2,1-2H3. The van der Waals surface area contributed by atoms with Gasteiger partial charge in [0.1, 0.15) is 0 Å². The van der Waals surface area contributed by atoms with Crippen molar-refractivity contribution in [2.45, 2.75) is 36.3 Å². The van der Waals surface area contributed by atoms with Gasteiger partial charge in [0.25, 0.3) is 0 Å². The lowest BCUT2D eigenvalue weighted by Gasteiger charge is -2.11. The molecule has 0 N–H and O–H groups in total. The van der Waals surface area contributed by atoms with Crippen molar-refractivity contribution in [1.82, 2.24) is 0 Å². The molecule has 0 atom stereocenters. The molecular weight excluding hydrogens is 222 g/mol. The topological polar surface area (TPSA) is 57.9 Å². The van der Waals surface area contributed by atoms with Gasteiger partial charge in [-0.15, -0.1) is 0 Å². The fourth-order valence-electron chi connectivity index (χ4n) is 1.87. The highest BCUT2D eigenvalue weighted by molar-refractivity contribution is 7.93. The second-order valence-electron chi connectivity index (χ2n) is 4.38. The molecule has 1 saturated carbocycles. The second-order valence-corrected chi connectivity index (χ2v) is 6.61. The number of hydrogen-bond acceptors (Lipinski definition) is 3. The summed E-state index contributed by atoms with van der Waals surface area (Å²) in [7, 11) is -3.49. The first-order valence-electron chi connectivity index (χ1n) is 5.16. The van der Waals surface area contributed by atoms with Crippen LogP contribution in [0, 0.1) is 25.2 Å². The van der Waals surface area contributed by atoms with E-state index in [-0.39, 0.29) is 0 Å². The van der Waals surface area contributed by atoms with Crippen molar-refractivity contribution in [2.75, 3.05) is 0 Å². The van der Waals surface area contributed by atoms with Crippen LogP contribution in [0.25, 0.3) is 0 Å². The van der Waals surface area contributed by atoms with Crippen molar-refractivity contribution in [3.63, 3.8) is 0 Å². The minimum absolute atomic E-state index is 0.303. The lowest BCUT2D eigenvalue weighted by atomic mass is 10.2. The Bertz CT molecular complexity index is 578. The first-order chi connectivity index (χ1) is 7.43. The number of sulfone groups is 1. The van der Waals surface area contributed by atoms with Crippen LogP contribution in [-0.2, 0) is 9.84 Å². The Balaban J connectivity index is 2.58. The monoisotopic (exact) mass is 235 g/mol. The van der Waals surface area contributed by atoms with Crippen molar-refractivity contribution in [2.24, 2.45) is 0 Å². The number of benzene rings is 1. The van der Waals surface area contributed by atoms with Crippen LogP contribution in [-0.4, -0.2) is 13.2 Å². The van der Waals surface area contributed by atoms with Crippen LogP contribution < -0.4 is 0 Å². The Hall–Kier alpha value is -1.34. The number of nitriles is 1. The molecule has 0 amide bonds. The van der Waals surface area contributed by atoms with E-state index >= 15 is 0 Å². The summed E-state index contributed by atoms with van der Waals surface area (Å²) in [6.07, 6.45) is 0.915. The fraction of sp³-hybridized carbons (Fsp3) is 0.417. The molecule has 84 valence electrons. The Morgan fingerprint density at radius 3 is 2.38 bits per heavy atom. The third kappa shape index (κ3) is 1.43. The largest absolute Gasteiger partial charge is 0.222 e. The Morgan fingerprint density at radius 2 is 1.94 bits per heavy atom. The van der Waals surface area contributed by atoms with Gasteiger partial charge in [-0.05, 0) is 38.3 Å². The lowest BCUT2D eigenvalue weighted by Crippen LogP contribution is -2.22. The molecule has 1 aromatic rings. The maximum absolute atomic E-state index is 12.3. The van der Waals surface area contributed by atoms with Crippen molar-refractivity contribution in [1.29, 1.82) is 5.26 Å². The van der Waals surface area contributed by atoms with E-state index in [0.29, 0.717) is 17.7 Å². The van der Waals surface area contributed by atoms with E-state index in [9.17, 15) is 8.42 Å². The number of aryl methyl sites for hydroxylation is 2. The lowest BCUT2D eigenvalue weighted by molar-refractivity contribution is 0.587. The van der Waals surface area contributed by atoms with E-state index in [2.05, 4.69) is 0 Å². The Morgan fingerprint density at radius 1 is 1.31 bits per heavy atom. The summed E-state index contributed by atoms with van der Waals surface area (Å²) < 4.78 is 23.4. The second kappa shape index (κ2) is 3.33. The van der Waals surface area contributed by atoms with Gasteiger partial charge in [-0.2, -0.15) is 5.26 Å². The number of rotatable bonds is 2. The van der Waals surface area contributed by atoms with Gasteiger partial charge in [-0.1, -0.05) is 17.7 Å². The smallest absolute Gasteiger partial charge is 0.197 e. The van der Waals surface area contributed by atoms with Crippen LogP contribution in [0.5, 0.6) is 0 Å². The van der Waals surface area contributed by atoms with Gasteiger partial charge in [0.2, 0.25) is 0 Å². The first kappa shape index (κ1) is 11.2. The molecule has 0 unspecified atom stereocenters. The van der Waals surface area contributed by atoms with Crippen molar-refractivity contribution >= 4 is 9.84 Å². The minimum Gasteiger partial charge on any atom is -0.222 e. The molecule has 1 aliphatic rings. The van der Waals surface area contributed by atoms with Crippen LogP contribution in [0.4, 0.5) is 0 Å². The van der Waals surface area contributed by atoms with E-state index in [0.717, 1.165) is 11.1 Å². The van der Waals surface area contributed by atoms with Crippen molar-refractivity contribution in [3.8, 4) is 6.07 Å². The van der Waals surface area contributed by atoms with Crippen molar-refractivity contribution < 1.29 is 8.42 Å². The highest BCUT2D eigenvalue weighted by Gasteiger charge is 2.56. The van der Waals surface area contributed by atoms with Gasteiger partial charge in [-0.25, -0.2) is 8.42 Å². The van der Waals surface area contributed by atoms with Gasteiger partial charge in [0.15, 0.2) is 14.6 Å². The maximum atomic E-state index is 12.3. The predicted octanol–water partition coefficient (Wildman–Crippen LogP) is 2.13. The summed E-state index contributed by atoms with van der Waals surface area (Å²) in [5, 5.41) is 8.97. The molecule has 1 fully saturated rings. The predicted molar refractivity (Wildman–Crippen MR) is 60.7 cm³/mol. The van der Waals surface area contributed by atoms with E-state index in [1.807, 2.05) is 19.1 Å². The quantitative estimate of drug-likeness (QED) is 0.789. The molecule has 0 spiro atoms. The zero-order chi connectivity index (χ0) is 12.0. The molecule has 16 heavy (non-hydrogen) atoms. The molecule has 2 rings (SSSR count). The molecule has 1 aromatic carbocycles. The maximum Gasteiger partial charge on any atom is 0.197 e. The highest BCUT2D eigenvalue weighted by atomic mass is 32.2. The summed E-state index contributed by atoms with van der Waals surface area (Å²) in [5.74, 6) is 0. The molecule has 0 aliphatic heterocycles. The summed E-state index contributed by atoms with van der Waals surface area (Å²) in [6, 6.07) is 7.16. The number of nitrogens with zero attached hydrogens (tertiary/aromatic N) is 1. The van der Waals surface area contributed by atoms with Crippen LogP contribution in [0.15, 0.2) is 23.1 Å². The van der Waals surface area contributed by atoms with Crippen LogP contribution in [0.2, 0.25) is 0 Å². The Kier molecular flexibility index (Phi) is 2.32. The van der Waals surface area contributed by atoms with E-state index in [4.69, 9.17) is 5.26 Å². The highest BCUT2D eigenvalue weighted by Crippen LogP contribution is 2.46. The molecular formula is C12H13NO2S. The van der Waals surface area contributed by atoms with Gasteiger partial charge >= 0.3 is 0 Å². The van der Waals surface area contributed by atoms with E-state index in [1.165, 1.54) is 0 Å². The Labute approximate surface area is 95.6 Å². The zero-order valence-corrected chi connectivity index (χ0v) is 10.1.